The van der Waals surface area contributed by atoms with Gasteiger partial charge in [-0.1, -0.05) is 0 Å². The Morgan fingerprint density at radius 3 is 2.40 bits per heavy atom. The smallest absolute Gasteiger partial charge is 0.398 e. The van der Waals surface area contributed by atoms with Crippen LogP contribution >= 0.6 is 0 Å². The molecule has 0 amide bonds. The Hall–Kier alpha value is -1.13. The van der Waals surface area contributed by atoms with E-state index in [2.05, 4.69) is 12.1 Å². The van der Waals surface area contributed by atoms with E-state index in [-0.39, 0.29) is 0 Å². The molecule has 0 aromatic carbocycles. The SMILES string of the molecule is C=[N+]1[CH-]C(C(F)(F)F)=C[N-]1. The van der Waals surface area contributed by atoms with Crippen molar-refractivity contribution in [2.24, 2.45) is 0 Å². The molecule has 1 heterocycles. The third-order valence-electron chi connectivity index (χ3n) is 0.961. The average Bonchev–Trinajstić information content (AvgIpc) is 2.11. The second-order valence-corrected chi connectivity index (χ2v) is 1.77. The van der Waals surface area contributed by atoms with Gasteiger partial charge in [-0.15, -0.1) is 0 Å². The van der Waals surface area contributed by atoms with Crippen molar-refractivity contribution in [3.63, 3.8) is 0 Å². The fraction of sp³-hybridized carbons (Fsp3) is 0.200. The first-order valence-corrected chi connectivity index (χ1v) is 2.43. The molecule has 0 unspecified atom stereocenters. The van der Waals surface area contributed by atoms with Crippen molar-refractivity contribution in [2.75, 3.05) is 0 Å². The number of nitrogens with zero attached hydrogens (tertiary/aromatic N) is 2. The maximum Gasteiger partial charge on any atom is 0.398 e. The predicted octanol–water partition coefficient (Wildman–Crippen LogP) is 1.61. The van der Waals surface area contributed by atoms with Gasteiger partial charge in [0.25, 0.3) is 0 Å². The fourth-order valence-corrected chi connectivity index (χ4v) is 0.510. The van der Waals surface area contributed by atoms with E-state index >= 15 is 0 Å². The van der Waals surface area contributed by atoms with Crippen molar-refractivity contribution in [1.29, 1.82) is 0 Å². The van der Waals surface area contributed by atoms with E-state index in [1.165, 1.54) is 0 Å². The summed E-state index contributed by atoms with van der Waals surface area (Å²) in [7, 11) is 0. The summed E-state index contributed by atoms with van der Waals surface area (Å²) in [6, 6.07) is 0. The summed E-state index contributed by atoms with van der Waals surface area (Å²) in [6.45, 7) is 3.98. The summed E-state index contributed by atoms with van der Waals surface area (Å²) in [5, 5.41) is 0. The molecule has 1 aliphatic rings. The molecule has 0 bridgehead atoms. The summed E-state index contributed by atoms with van der Waals surface area (Å²) in [5.74, 6) is 0. The monoisotopic (exact) mass is 149 g/mol. The van der Waals surface area contributed by atoms with E-state index < -0.39 is 11.7 Å². The lowest BCUT2D eigenvalue weighted by Gasteiger charge is -2.09. The molecule has 5 heteroatoms. The second-order valence-electron chi connectivity index (χ2n) is 1.77. The Morgan fingerprint density at radius 1 is 1.60 bits per heavy atom. The Morgan fingerprint density at radius 2 is 2.20 bits per heavy atom. The zero-order valence-corrected chi connectivity index (χ0v) is 4.89. The van der Waals surface area contributed by atoms with Crippen molar-refractivity contribution in [3.8, 4) is 0 Å². The van der Waals surface area contributed by atoms with Gasteiger partial charge in [-0.25, -0.2) is 6.20 Å². The van der Waals surface area contributed by atoms with Crippen LogP contribution in [0.15, 0.2) is 11.8 Å². The van der Waals surface area contributed by atoms with E-state index in [0.717, 1.165) is 17.4 Å². The standard InChI is InChI=1S/C5H4F3N2/c1-10-3-4(2-9-10)5(6,7)8/h2-3H,1H2/q-1. The van der Waals surface area contributed by atoms with Gasteiger partial charge in [0.2, 0.25) is 0 Å². The highest BCUT2D eigenvalue weighted by atomic mass is 19.4. The minimum absolute atomic E-state index is 0.729. The third kappa shape index (κ3) is 1.23. The van der Waals surface area contributed by atoms with E-state index in [0.29, 0.717) is 0 Å². The molecule has 56 valence electrons. The highest BCUT2D eigenvalue weighted by Gasteiger charge is 2.31. The maximum atomic E-state index is 11.7. The Bertz CT molecular complexity index is 192. The van der Waals surface area contributed by atoms with Crippen LogP contribution < -0.4 is 0 Å². The molecule has 1 rings (SSSR count). The molecule has 0 fully saturated rings. The van der Waals surface area contributed by atoms with Crippen molar-refractivity contribution in [1.82, 2.24) is 0 Å². The molecule has 0 aromatic heterocycles. The van der Waals surface area contributed by atoms with Gasteiger partial charge in [-0.3, -0.25) is 0 Å². The Balaban J connectivity index is 2.69. The van der Waals surface area contributed by atoms with Gasteiger partial charge in [-0.2, -0.15) is 13.2 Å². The fourth-order valence-electron chi connectivity index (χ4n) is 0.510. The molecule has 10 heavy (non-hydrogen) atoms. The van der Waals surface area contributed by atoms with Gasteiger partial charge >= 0.3 is 6.18 Å². The molecule has 0 saturated carbocycles. The zero-order valence-electron chi connectivity index (χ0n) is 4.89. The minimum Gasteiger partial charge on any atom is -0.495 e. The quantitative estimate of drug-likeness (QED) is 0.367. The molecule has 0 spiro atoms. The van der Waals surface area contributed by atoms with Gasteiger partial charge in [-0.05, 0) is 5.57 Å². The van der Waals surface area contributed by atoms with E-state index in [9.17, 15) is 13.2 Å². The second kappa shape index (κ2) is 1.93. The number of hydrogen-bond donors (Lipinski definition) is 0. The van der Waals surface area contributed by atoms with Crippen molar-refractivity contribution in [2.45, 2.75) is 6.18 Å². The van der Waals surface area contributed by atoms with Gasteiger partial charge in [0.1, 0.15) is 0 Å². The zero-order chi connectivity index (χ0) is 7.78. The lowest BCUT2D eigenvalue weighted by Crippen LogP contribution is -2.11. The van der Waals surface area contributed by atoms with E-state index in [4.69, 9.17) is 0 Å². The summed E-state index contributed by atoms with van der Waals surface area (Å²) in [5.41, 5.74) is 2.49. The molecule has 0 radical (unpaired) electrons. The van der Waals surface area contributed by atoms with E-state index in [1.807, 2.05) is 0 Å². The lowest BCUT2D eigenvalue weighted by molar-refractivity contribution is -0.409. The largest absolute Gasteiger partial charge is 0.495 e. The van der Waals surface area contributed by atoms with Gasteiger partial charge in [0.05, 0.1) is 6.54 Å². The Labute approximate surface area is 55.6 Å². The maximum absolute atomic E-state index is 11.7. The number of hydrogen-bond acceptors (Lipinski definition) is 0. The summed E-state index contributed by atoms with van der Waals surface area (Å²) < 4.78 is 36.0. The first-order valence-electron chi connectivity index (χ1n) is 2.43. The van der Waals surface area contributed by atoms with Crippen molar-refractivity contribution < 1.29 is 17.9 Å². The summed E-state index contributed by atoms with van der Waals surface area (Å²) >= 11 is 0. The molecular weight excluding hydrogens is 145 g/mol. The molecule has 0 atom stereocenters. The van der Waals surface area contributed by atoms with Crippen LogP contribution in [0.25, 0.3) is 5.43 Å². The van der Waals surface area contributed by atoms with E-state index in [1.54, 1.807) is 0 Å². The molecular formula is C5H4F3N2-. The van der Waals surface area contributed by atoms with Crippen molar-refractivity contribution >= 4 is 6.72 Å². The predicted molar refractivity (Wildman–Crippen MR) is 29.2 cm³/mol. The first-order chi connectivity index (χ1) is 4.50. The van der Waals surface area contributed by atoms with Crippen LogP contribution in [0.5, 0.6) is 0 Å². The summed E-state index contributed by atoms with van der Waals surface area (Å²) in [4.78, 5) is 0. The number of rotatable bonds is 0. The first kappa shape index (κ1) is 6.98. The van der Waals surface area contributed by atoms with Crippen molar-refractivity contribution in [3.05, 3.63) is 23.7 Å². The highest BCUT2D eigenvalue weighted by Crippen LogP contribution is 2.31. The van der Waals surface area contributed by atoms with Gasteiger partial charge in [0.15, 0.2) is 0 Å². The van der Waals surface area contributed by atoms with Crippen LogP contribution in [0.3, 0.4) is 0 Å². The van der Waals surface area contributed by atoms with Crippen LogP contribution in [0, 0.1) is 6.54 Å². The highest BCUT2D eigenvalue weighted by molar-refractivity contribution is 5.28. The van der Waals surface area contributed by atoms with Crippen LogP contribution in [0.4, 0.5) is 13.2 Å². The average molecular weight is 149 g/mol. The van der Waals surface area contributed by atoms with Gasteiger partial charge in [0, 0.05) is 6.72 Å². The normalized spacial score (nSPS) is 17.9. The molecule has 0 saturated heterocycles. The molecule has 1 aliphatic heterocycles. The summed E-state index contributed by atoms with van der Waals surface area (Å²) in [6.07, 6.45) is -3.58. The lowest BCUT2D eigenvalue weighted by atomic mass is 10.3. The minimum atomic E-state index is -4.31. The van der Waals surface area contributed by atoms with Crippen LogP contribution in [0.1, 0.15) is 0 Å². The molecule has 0 aromatic rings. The molecule has 0 N–H and O–H groups in total. The topological polar surface area (TPSA) is 17.1 Å². The van der Waals surface area contributed by atoms with Gasteiger partial charge < -0.3 is 10.1 Å². The molecule has 2 nitrogen and oxygen atoms in total. The number of alkyl halides is 3. The Kier molecular flexibility index (Phi) is 1.35. The van der Waals surface area contributed by atoms with Crippen LogP contribution in [0.2, 0.25) is 0 Å². The van der Waals surface area contributed by atoms with Crippen LogP contribution in [-0.2, 0) is 0 Å². The number of halogens is 3. The third-order valence-corrected chi connectivity index (χ3v) is 0.961. The molecule has 0 aliphatic carbocycles. The van der Waals surface area contributed by atoms with Crippen LogP contribution in [-0.4, -0.2) is 17.6 Å².